The fraction of sp³-hybridized carbons (Fsp3) is 0.692. The van der Waals surface area contributed by atoms with Crippen molar-refractivity contribution < 1.29 is 23.6 Å². The number of hydrogen-bond donors (Lipinski definition) is 1. The molecule has 1 N–H and O–H groups in total. The second-order valence-corrected chi connectivity index (χ2v) is 5.07. The minimum absolute atomic E-state index is 0. The van der Waals surface area contributed by atoms with Gasteiger partial charge in [-0.15, -0.1) is 12.2 Å². The van der Waals surface area contributed by atoms with Crippen LogP contribution in [0.15, 0.2) is 4.79 Å². The fourth-order valence-corrected chi connectivity index (χ4v) is 2.44. The minimum Gasteiger partial charge on any atom is -0.412 e. The molecule has 1 aromatic heterocycles. The van der Waals surface area contributed by atoms with Crippen LogP contribution in [0.3, 0.4) is 0 Å². The first-order valence-electron chi connectivity index (χ1n) is 6.57. The van der Waals surface area contributed by atoms with Crippen molar-refractivity contribution in [1.29, 1.82) is 0 Å². The van der Waals surface area contributed by atoms with Gasteiger partial charge in [-0.2, -0.15) is 0 Å². The Kier molecular flexibility index (Phi) is 7.09. The van der Waals surface area contributed by atoms with Crippen LogP contribution in [-0.4, -0.2) is 15.7 Å². The summed E-state index contributed by atoms with van der Waals surface area (Å²) in [7, 11) is 0. The molecule has 1 aliphatic carbocycles. The summed E-state index contributed by atoms with van der Waals surface area (Å²) in [6, 6.07) is 0. The van der Waals surface area contributed by atoms with Crippen LogP contribution < -0.4 is 24.4 Å². The third-order valence-electron chi connectivity index (χ3n) is 3.35. The summed E-state index contributed by atoms with van der Waals surface area (Å²) in [6.07, 6.45) is 10.0. The molecule has 0 aromatic carbocycles. The molecule has 1 saturated carbocycles. The third kappa shape index (κ3) is 4.61. The molecule has 0 atom stereocenters. The first kappa shape index (κ1) is 16.7. The van der Waals surface area contributed by atoms with Gasteiger partial charge < -0.3 is 19.1 Å². The zero-order valence-corrected chi connectivity index (χ0v) is 12.5. The summed E-state index contributed by atoms with van der Waals surface area (Å²) in [5, 5.41) is 0. The van der Waals surface area contributed by atoms with Crippen molar-refractivity contribution in [3.8, 4) is 0 Å². The number of rotatable bonds is 4. The average Bonchev–Trinajstić information content (AvgIpc) is 2.39. The summed E-state index contributed by atoms with van der Waals surface area (Å²) < 4.78 is 7.90. The predicted molar refractivity (Wildman–Crippen MR) is 72.1 cm³/mol. The molecular formula is C13H19LiN2O2S. The Morgan fingerprint density at radius 2 is 2.11 bits per heavy atom. The Bertz CT molecular complexity index is 506. The molecule has 6 heteroatoms. The van der Waals surface area contributed by atoms with Gasteiger partial charge in [0.1, 0.15) is 12.3 Å². The van der Waals surface area contributed by atoms with Gasteiger partial charge in [0.2, 0.25) is 0 Å². The van der Waals surface area contributed by atoms with Gasteiger partial charge >= 0.3 is 18.9 Å². The molecule has 1 heterocycles. The predicted octanol–water partition coefficient (Wildman–Crippen LogP) is -0.421. The van der Waals surface area contributed by atoms with E-state index in [2.05, 4.69) is 11.2 Å². The fourth-order valence-electron chi connectivity index (χ4n) is 2.25. The molecule has 0 spiro atoms. The van der Waals surface area contributed by atoms with E-state index in [4.69, 9.17) is 17.0 Å². The van der Waals surface area contributed by atoms with E-state index in [1.54, 1.807) is 4.57 Å². The van der Waals surface area contributed by atoms with E-state index >= 15 is 0 Å². The number of H-pyrrole nitrogens is 1. The van der Waals surface area contributed by atoms with Gasteiger partial charge in [0.25, 0.3) is 0 Å². The molecule has 100 valence electrons. The second-order valence-electron chi connectivity index (χ2n) is 4.69. The van der Waals surface area contributed by atoms with Crippen molar-refractivity contribution in [2.75, 3.05) is 0 Å². The quantitative estimate of drug-likeness (QED) is 0.461. The molecule has 4 nitrogen and oxygen atoms in total. The smallest absolute Gasteiger partial charge is 0.412 e. The molecule has 0 unspecified atom stereocenters. The third-order valence-corrected chi connectivity index (χ3v) is 3.68. The van der Waals surface area contributed by atoms with Crippen molar-refractivity contribution in [3.05, 3.63) is 26.9 Å². The van der Waals surface area contributed by atoms with E-state index in [0.29, 0.717) is 29.6 Å². The molecular weight excluding hydrogens is 255 g/mol. The summed E-state index contributed by atoms with van der Waals surface area (Å²) >= 11 is 5.11. The standard InChI is InChI=1S/C13H19N2O2S.Li/c1-2-10-8-15(13(18)14-12(10)16)9-17-11-6-4-3-5-7-11;/h11H,2-7,9H2,1H3,(H,14,16,18);/q-1;+1. The van der Waals surface area contributed by atoms with E-state index in [1.165, 1.54) is 19.3 Å². The van der Waals surface area contributed by atoms with Crippen LogP contribution in [-0.2, 0) is 17.9 Å². The number of nitrogens with one attached hydrogen (secondary N) is 1. The first-order valence-corrected chi connectivity index (χ1v) is 6.98. The molecule has 1 aliphatic rings. The van der Waals surface area contributed by atoms with Crippen LogP contribution in [0.2, 0.25) is 0 Å². The minimum atomic E-state index is -0.142. The molecule has 0 saturated heterocycles. The largest absolute Gasteiger partial charge is 1.00 e. The van der Waals surface area contributed by atoms with Crippen LogP contribution in [0.4, 0.5) is 0 Å². The monoisotopic (exact) mass is 274 g/mol. The van der Waals surface area contributed by atoms with Gasteiger partial charge in [0, 0.05) is 0 Å². The van der Waals surface area contributed by atoms with E-state index in [1.807, 2.05) is 6.92 Å². The number of aromatic amines is 1. The molecule has 0 bridgehead atoms. The number of aryl methyl sites for hydroxylation is 1. The maximum atomic E-state index is 11.5. The Hall–Kier alpha value is -0.343. The van der Waals surface area contributed by atoms with Crippen LogP contribution >= 0.6 is 12.2 Å². The van der Waals surface area contributed by atoms with Crippen molar-refractivity contribution in [3.63, 3.8) is 0 Å². The second kappa shape index (κ2) is 8.06. The Labute approximate surface area is 130 Å². The first-order chi connectivity index (χ1) is 8.70. The van der Waals surface area contributed by atoms with Crippen LogP contribution in [0.1, 0.15) is 44.6 Å². The van der Waals surface area contributed by atoms with Gasteiger partial charge in [-0.25, -0.2) is 0 Å². The zero-order valence-electron chi connectivity index (χ0n) is 11.7. The van der Waals surface area contributed by atoms with Crippen molar-refractivity contribution >= 4 is 12.2 Å². The molecule has 1 aromatic rings. The Morgan fingerprint density at radius 3 is 2.74 bits per heavy atom. The van der Waals surface area contributed by atoms with E-state index in [9.17, 15) is 4.79 Å². The molecule has 1 fully saturated rings. The van der Waals surface area contributed by atoms with E-state index in [-0.39, 0.29) is 24.4 Å². The zero-order chi connectivity index (χ0) is 13.0. The van der Waals surface area contributed by atoms with Gasteiger partial charge in [-0.3, -0.25) is 0 Å². The van der Waals surface area contributed by atoms with Gasteiger partial charge in [0.05, 0.1) is 10.9 Å². The molecule has 0 aliphatic heterocycles. The Morgan fingerprint density at radius 1 is 1.42 bits per heavy atom. The van der Waals surface area contributed by atoms with Gasteiger partial charge in [-0.05, 0) is 19.3 Å². The topological polar surface area (TPSA) is 47.0 Å². The summed E-state index contributed by atoms with van der Waals surface area (Å²) in [5.41, 5.74) is 0.479. The average molecular weight is 274 g/mol. The number of ether oxygens (including phenoxy) is 1. The molecule has 0 amide bonds. The SMILES string of the molecule is CCc1[c-]n(COC2CCCCC2)c(=S)[nH]c1=O.[Li+]. The van der Waals surface area contributed by atoms with Crippen molar-refractivity contribution in [2.45, 2.75) is 58.3 Å². The molecule has 19 heavy (non-hydrogen) atoms. The van der Waals surface area contributed by atoms with Gasteiger partial charge in [0.15, 0.2) is 0 Å². The number of aromatic nitrogens is 2. The summed E-state index contributed by atoms with van der Waals surface area (Å²) in [4.78, 5) is 14.2. The van der Waals surface area contributed by atoms with E-state index < -0.39 is 0 Å². The number of hydrogen-bond acceptors (Lipinski definition) is 3. The van der Waals surface area contributed by atoms with Crippen molar-refractivity contribution in [1.82, 2.24) is 9.55 Å². The number of nitrogens with zero attached hydrogens (tertiary/aromatic N) is 1. The molecule has 0 radical (unpaired) electrons. The van der Waals surface area contributed by atoms with Crippen LogP contribution in [0.5, 0.6) is 0 Å². The van der Waals surface area contributed by atoms with E-state index in [0.717, 1.165) is 12.8 Å². The molecule has 2 rings (SSSR count). The maximum absolute atomic E-state index is 11.5. The van der Waals surface area contributed by atoms with Crippen LogP contribution in [0, 0.1) is 11.0 Å². The van der Waals surface area contributed by atoms with Crippen LogP contribution in [0.25, 0.3) is 0 Å². The summed E-state index contributed by atoms with van der Waals surface area (Å²) in [5.74, 6) is 0. The normalized spacial score (nSPS) is 16.1. The maximum Gasteiger partial charge on any atom is 1.00 e. The van der Waals surface area contributed by atoms with Gasteiger partial charge in [-0.1, -0.05) is 37.9 Å². The Balaban J connectivity index is 0.00000180. The summed E-state index contributed by atoms with van der Waals surface area (Å²) in [6.45, 7) is 2.31. The van der Waals surface area contributed by atoms with Crippen molar-refractivity contribution in [2.24, 2.45) is 0 Å².